The molecule has 0 spiro atoms. The Hall–Kier alpha value is -0.800. The van der Waals surface area contributed by atoms with Crippen LogP contribution in [-0.2, 0) is 4.74 Å². The summed E-state index contributed by atoms with van der Waals surface area (Å²) >= 11 is 0. The fourth-order valence-electron chi connectivity index (χ4n) is 1.45. The molecule has 1 aliphatic carbocycles. The predicted octanol–water partition coefficient (Wildman–Crippen LogP) is 0.801. The van der Waals surface area contributed by atoms with Gasteiger partial charge in [0.25, 0.3) is 0 Å². The molecule has 1 unspecified atom stereocenters. The normalized spacial score (nSPS) is 26.5. The lowest BCUT2D eigenvalue weighted by Crippen LogP contribution is -2.39. The molecule has 13 heavy (non-hydrogen) atoms. The van der Waals surface area contributed by atoms with Gasteiger partial charge in [-0.05, 0) is 13.0 Å². The Labute approximate surface area is 78.9 Å². The van der Waals surface area contributed by atoms with E-state index in [1.54, 1.807) is 14.0 Å². The lowest BCUT2D eigenvalue weighted by molar-refractivity contribution is 0.138. The lowest BCUT2D eigenvalue weighted by atomic mass is 9.89. The largest absolute Gasteiger partial charge is 0.501 e. The molecule has 1 aliphatic rings. The van der Waals surface area contributed by atoms with E-state index in [0.717, 1.165) is 12.2 Å². The van der Waals surface area contributed by atoms with Crippen LogP contribution in [0.4, 0.5) is 0 Å². The second-order valence-electron chi connectivity index (χ2n) is 3.41. The number of aliphatic hydroxyl groups excluding tert-OH is 1. The molecule has 0 saturated carbocycles. The van der Waals surface area contributed by atoms with E-state index in [1.807, 2.05) is 18.2 Å². The number of hydrogen-bond donors (Lipinski definition) is 2. The van der Waals surface area contributed by atoms with Gasteiger partial charge in [0.05, 0.1) is 19.0 Å². The molecule has 0 aromatic heterocycles. The molecule has 0 amide bonds. The minimum atomic E-state index is -0.481. The highest BCUT2D eigenvalue weighted by Crippen LogP contribution is 2.22. The first-order valence-electron chi connectivity index (χ1n) is 4.50. The molecule has 0 heterocycles. The van der Waals surface area contributed by atoms with E-state index in [9.17, 15) is 5.11 Å². The van der Waals surface area contributed by atoms with Crippen molar-refractivity contribution in [1.82, 2.24) is 0 Å². The van der Waals surface area contributed by atoms with Crippen LogP contribution in [0.15, 0.2) is 24.0 Å². The quantitative estimate of drug-likeness (QED) is 0.680. The summed E-state index contributed by atoms with van der Waals surface area (Å²) < 4.78 is 5.12. The predicted molar refractivity (Wildman–Crippen MR) is 52.0 cm³/mol. The topological polar surface area (TPSA) is 55.5 Å². The van der Waals surface area contributed by atoms with Gasteiger partial charge in [0.1, 0.15) is 0 Å². The third kappa shape index (κ3) is 2.57. The monoisotopic (exact) mass is 183 g/mol. The summed E-state index contributed by atoms with van der Waals surface area (Å²) in [6.45, 7) is 1.71. The van der Waals surface area contributed by atoms with Crippen molar-refractivity contribution < 1.29 is 9.84 Å². The first kappa shape index (κ1) is 10.3. The number of hydrogen-bond acceptors (Lipinski definition) is 3. The van der Waals surface area contributed by atoms with Crippen molar-refractivity contribution in [3.8, 4) is 0 Å². The van der Waals surface area contributed by atoms with Gasteiger partial charge in [0.2, 0.25) is 0 Å². The standard InChI is InChI=1S/C10H17NO2/c1-7(12)10(11)8-4-3-5-9(6-8)13-2/h3-5,7-8,10,12H,6,11H2,1-2H3/t7-,8?,10-/m1/s1. The van der Waals surface area contributed by atoms with E-state index in [1.165, 1.54) is 0 Å². The first-order chi connectivity index (χ1) is 6.15. The maximum absolute atomic E-state index is 9.31. The van der Waals surface area contributed by atoms with Crippen LogP contribution in [0.2, 0.25) is 0 Å². The highest BCUT2D eigenvalue weighted by atomic mass is 16.5. The summed E-state index contributed by atoms with van der Waals surface area (Å²) in [4.78, 5) is 0. The molecule has 0 radical (unpaired) electrons. The Morgan fingerprint density at radius 1 is 1.69 bits per heavy atom. The zero-order valence-corrected chi connectivity index (χ0v) is 8.10. The number of aliphatic hydroxyl groups is 1. The second-order valence-corrected chi connectivity index (χ2v) is 3.41. The van der Waals surface area contributed by atoms with Gasteiger partial charge in [0.15, 0.2) is 0 Å². The molecular weight excluding hydrogens is 166 g/mol. The zero-order chi connectivity index (χ0) is 9.84. The molecule has 74 valence electrons. The number of methoxy groups -OCH3 is 1. The summed E-state index contributed by atoms with van der Waals surface area (Å²) in [5, 5.41) is 9.31. The van der Waals surface area contributed by atoms with E-state index >= 15 is 0 Å². The summed E-state index contributed by atoms with van der Waals surface area (Å²) in [5.41, 5.74) is 5.82. The summed E-state index contributed by atoms with van der Waals surface area (Å²) in [6, 6.07) is -0.213. The summed E-state index contributed by atoms with van der Waals surface area (Å²) in [5.74, 6) is 1.10. The van der Waals surface area contributed by atoms with E-state index < -0.39 is 6.10 Å². The molecule has 0 bridgehead atoms. The number of rotatable bonds is 3. The first-order valence-corrected chi connectivity index (χ1v) is 4.50. The van der Waals surface area contributed by atoms with Crippen LogP contribution in [0, 0.1) is 5.92 Å². The minimum absolute atomic E-state index is 0.181. The van der Waals surface area contributed by atoms with E-state index in [4.69, 9.17) is 10.5 Å². The van der Waals surface area contributed by atoms with Crippen LogP contribution in [0.1, 0.15) is 13.3 Å². The number of nitrogens with two attached hydrogens (primary N) is 1. The zero-order valence-electron chi connectivity index (χ0n) is 8.10. The van der Waals surface area contributed by atoms with Gasteiger partial charge in [-0.25, -0.2) is 0 Å². The van der Waals surface area contributed by atoms with Crippen molar-refractivity contribution in [3.05, 3.63) is 24.0 Å². The van der Waals surface area contributed by atoms with Crippen molar-refractivity contribution in [2.75, 3.05) is 7.11 Å². The van der Waals surface area contributed by atoms with Crippen LogP contribution in [0.5, 0.6) is 0 Å². The Bertz CT molecular complexity index is 221. The van der Waals surface area contributed by atoms with Gasteiger partial charge >= 0.3 is 0 Å². The van der Waals surface area contributed by atoms with Crippen LogP contribution in [0.25, 0.3) is 0 Å². The molecule has 0 fully saturated rings. The van der Waals surface area contributed by atoms with Gasteiger partial charge in [-0.3, -0.25) is 0 Å². The number of allylic oxidation sites excluding steroid dienone is 3. The highest BCUT2D eigenvalue weighted by Gasteiger charge is 2.22. The molecule has 0 aromatic carbocycles. The Morgan fingerprint density at radius 2 is 2.38 bits per heavy atom. The average Bonchev–Trinajstić information content (AvgIpc) is 2.16. The maximum atomic E-state index is 9.31. The van der Waals surface area contributed by atoms with Crippen molar-refractivity contribution in [2.45, 2.75) is 25.5 Å². The summed E-state index contributed by atoms with van der Waals surface area (Å²) in [7, 11) is 1.65. The van der Waals surface area contributed by atoms with Crippen molar-refractivity contribution in [2.24, 2.45) is 11.7 Å². The molecular formula is C10H17NO2. The van der Waals surface area contributed by atoms with Crippen LogP contribution in [0.3, 0.4) is 0 Å². The van der Waals surface area contributed by atoms with E-state index in [2.05, 4.69) is 0 Å². The van der Waals surface area contributed by atoms with E-state index in [0.29, 0.717) is 0 Å². The fraction of sp³-hybridized carbons (Fsp3) is 0.600. The Kier molecular flexibility index (Phi) is 3.51. The van der Waals surface area contributed by atoms with Gasteiger partial charge in [0, 0.05) is 18.4 Å². The van der Waals surface area contributed by atoms with E-state index in [-0.39, 0.29) is 12.0 Å². The minimum Gasteiger partial charge on any atom is -0.501 e. The maximum Gasteiger partial charge on any atom is 0.0961 e. The lowest BCUT2D eigenvalue weighted by Gasteiger charge is -2.25. The molecule has 3 nitrogen and oxygen atoms in total. The van der Waals surface area contributed by atoms with Gasteiger partial charge in [-0.2, -0.15) is 0 Å². The molecule has 0 saturated heterocycles. The Morgan fingerprint density at radius 3 is 2.92 bits per heavy atom. The molecule has 3 N–H and O–H groups in total. The van der Waals surface area contributed by atoms with Crippen molar-refractivity contribution >= 4 is 0 Å². The SMILES string of the molecule is COC1=CC=CC([C@H](N)[C@@H](C)O)C1. The molecule has 3 heteroatoms. The molecule has 0 aromatic rings. The second kappa shape index (κ2) is 4.44. The van der Waals surface area contributed by atoms with Crippen molar-refractivity contribution in [1.29, 1.82) is 0 Å². The number of ether oxygens (including phenoxy) is 1. The van der Waals surface area contributed by atoms with Crippen LogP contribution in [-0.4, -0.2) is 24.4 Å². The summed E-state index contributed by atoms with van der Waals surface area (Å²) in [6.07, 6.45) is 6.16. The smallest absolute Gasteiger partial charge is 0.0961 e. The third-order valence-corrected chi connectivity index (χ3v) is 2.39. The fourth-order valence-corrected chi connectivity index (χ4v) is 1.45. The van der Waals surface area contributed by atoms with Gasteiger partial charge in [-0.1, -0.05) is 12.2 Å². The van der Waals surface area contributed by atoms with Gasteiger partial charge in [-0.15, -0.1) is 0 Å². The molecule has 3 atom stereocenters. The van der Waals surface area contributed by atoms with Crippen LogP contribution >= 0.6 is 0 Å². The van der Waals surface area contributed by atoms with Crippen LogP contribution < -0.4 is 5.73 Å². The van der Waals surface area contributed by atoms with Gasteiger partial charge < -0.3 is 15.6 Å². The molecule has 0 aliphatic heterocycles. The Balaban J connectivity index is 2.57. The van der Waals surface area contributed by atoms with Crippen molar-refractivity contribution in [3.63, 3.8) is 0 Å². The third-order valence-electron chi connectivity index (χ3n) is 2.39. The molecule has 1 rings (SSSR count). The highest BCUT2D eigenvalue weighted by molar-refractivity contribution is 5.17. The average molecular weight is 183 g/mol.